The number of hydrogen-bond donors (Lipinski definition) is 1. The van der Waals surface area contributed by atoms with E-state index in [-0.39, 0.29) is 36.8 Å². The van der Waals surface area contributed by atoms with Crippen LogP contribution in [0.3, 0.4) is 0 Å². The van der Waals surface area contributed by atoms with Crippen LogP contribution in [0.25, 0.3) is 0 Å². The number of benzene rings is 1. The topological polar surface area (TPSA) is 97.7 Å². The number of Topliss-reactive ketones (excluding diaryl/α,β-unsaturated/α-hetero) is 1. The summed E-state index contributed by atoms with van der Waals surface area (Å²) in [5.74, 6) is -4.83. The normalized spacial score (nSPS) is 38.3. The van der Waals surface area contributed by atoms with Crippen LogP contribution < -0.4 is 0 Å². The first kappa shape index (κ1) is 34.5. The third-order valence-electron chi connectivity index (χ3n) is 11.1. The fourth-order valence-corrected chi connectivity index (χ4v) is 9.94. The van der Waals surface area contributed by atoms with Crippen LogP contribution in [0, 0.1) is 28.6 Å². The number of esters is 1. The number of carbonyl (C=O) groups excluding carboxylic acids is 4. The summed E-state index contributed by atoms with van der Waals surface area (Å²) < 4.78 is 78.5. The number of thioether (sulfide) groups is 1. The molecule has 9 atom stereocenters. The quantitative estimate of drug-likeness (QED) is 0.194. The van der Waals surface area contributed by atoms with E-state index >= 15 is 8.78 Å². The molecule has 3 saturated carbocycles. The Hall–Kier alpha value is -2.86. The third-order valence-corrected chi connectivity index (χ3v) is 12.0. The lowest BCUT2D eigenvalue weighted by Crippen LogP contribution is -2.70. The van der Waals surface area contributed by atoms with Gasteiger partial charge in [-0.1, -0.05) is 50.7 Å². The van der Waals surface area contributed by atoms with Gasteiger partial charge in [0.05, 0.1) is 17.4 Å². The average Bonchev–Trinajstić information content (AvgIpc) is 3.20. The lowest BCUT2D eigenvalue weighted by molar-refractivity contribution is -0.228. The Labute approximate surface area is 268 Å². The summed E-state index contributed by atoms with van der Waals surface area (Å²) in [5.41, 5.74) is -8.34. The second kappa shape index (κ2) is 11.7. The van der Waals surface area contributed by atoms with E-state index in [1.165, 1.54) is 19.1 Å². The highest BCUT2D eigenvalue weighted by molar-refractivity contribution is 8.14. The zero-order valence-corrected chi connectivity index (χ0v) is 26.8. The number of carbonyl (C=O) groups is 4. The molecule has 6 nitrogen and oxygen atoms in total. The maximum absolute atomic E-state index is 17.6. The molecule has 0 radical (unpaired) electrons. The van der Waals surface area contributed by atoms with Gasteiger partial charge in [0.2, 0.25) is 5.12 Å². The van der Waals surface area contributed by atoms with Gasteiger partial charge in [0.1, 0.15) is 6.17 Å². The third kappa shape index (κ3) is 5.00. The molecule has 0 bridgehead atoms. The van der Waals surface area contributed by atoms with Gasteiger partial charge in [-0.15, -0.1) is 0 Å². The van der Waals surface area contributed by atoms with E-state index in [0.717, 1.165) is 30.3 Å². The van der Waals surface area contributed by atoms with Gasteiger partial charge >= 0.3 is 12.1 Å². The van der Waals surface area contributed by atoms with E-state index in [1.807, 2.05) is 0 Å². The van der Waals surface area contributed by atoms with Crippen molar-refractivity contribution >= 4 is 34.4 Å². The van der Waals surface area contributed by atoms with Crippen molar-refractivity contribution in [3.05, 3.63) is 59.2 Å². The van der Waals surface area contributed by atoms with Crippen molar-refractivity contribution < 1.29 is 51.0 Å². The molecule has 0 spiro atoms. The molecule has 1 N–H and O–H groups in total. The minimum Gasteiger partial charge on any atom is -0.449 e. The number of ether oxygens (including phenoxy) is 1. The van der Waals surface area contributed by atoms with Gasteiger partial charge in [-0.25, -0.2) is 8.78 Å². The smallest absolute Gasteiger partial charge is 0.416 e. The van der Waals surface area contributed by atoms with Gasteiger partial charge in [0, 0.05) is 34.7 Å². The molecule has 0 saturated heterocycles. The average molecular weight is 669 g/mol. The molecule has 0 unspecified atom stereocenters. The zero-order chi connectivity index (χ0) is 34.0. The lowest BCUT2D eigenvalue weighted by atomic mass is 9.44. The van der Waals surface area contributed by atoms with Crippen LogP contribution in [0.1, 0.15) is 75.7 Å². The number of aliphatic hydroxyl groups excluding tert-OH is 1. The van der Waals surface area contributed by atoms with E-state index in [0.29, 0.717) is 18.2 Å². The molecular formula is C34H37F5O6S. The Morgan fingerprint density at radius 2 is 1.74 bits per heavy atom. The molecule has 12 heteroatoms. The summed E-state index contributed by atoms with van der Waals surface area (Å²) >= 11 is 0.556. The minimum atomic E-state index is -4.59. The number of halogens is 5. The standard InChI is InChI=1S/C34H37F5O6S/c1-5-6-28(43)45-33(29(44)46-17-26(41)19-7-9-20(10-8-19)34(37,38)39)18(2)13-22-23-15-25(35)24-14-21(40)11-12-30(24,3)32(23,36)27(42)16-31(22,33)4/h7-12,14,18,22-23,25,27,42H,5-6,13,15-17H2,1-4H3/t18-,22+,23+,25+,27+,30+,31+,32+,33+/m1/s1. The highest BCUT2D eigenvalue weighted by Gasteiger charge is 2.78. The molecule has 0 aliphatic heterocycles. The van der Waals surface area contributed by atoms with Gasteiger partial charge in [0.15, 0.2) is 22.8 Å². The van der Waals surface area contributed by atoms with E-state index in [9.17, 15) is 37.5 Å². The van der Waals surface area contributed by atoms with Crippen LogP contribution in [-0.2, 0) is 25.3 Å². The molecule has 5 rings (SSSR count). The van der Waals surface area contributed by atoms with Gasteiger partial charge in [0.25, 0.3) is 0 Å². The number of allylic oxidation sites excluding steroid dienone is 4. The number of fused-ring (bicyclic) bond motifs is 5. The number of aliphatic hydroxyl groups is 1. The van der Waals surface area contributed by atoms with Gasteiger partial charge in [-0.2, -0.15) is 13.2 Å². The molecule has 1 aromatic rings. The Morgan fingerprint density at radius 1 is 1.09 bits per heavy atom. The summed E-state index contributed by atoms with van der Waals surface area (Å²) in [6.45, 7) is 6.52. The second-order valence-corrected chi connectivity index (χ2v) is 14.5. The maximum atomic E-state index is 17.6. The summed E-state index contributed by atoms with van der Waals surface area (Å²) in [6.07, 6.45) is -4.60. The summed E-state index contributed by atoms with van der Waals surface area (Å²) in [5, 5.41) is 11.0. The summed E-state index contributed by atoms with van der Waals surface area (Å²) in [7, 11) is 0. The van der Waals surface area contributed by atoms with Crippen molar-refractivity contribution in [3.8, 4) is 0 Å². The fraction of sp³-hybridized carbons (Fsp3) is 0.588. The molecule has 3 fully saturated rings. The Kier molecular flexibility index (Phi) is 8.75. The molecule has 0 amide bonds. The second-order valence-electron chi connectivity index (χ2n) is 13.5. The van der Waals surface area contributed by atoms with Crippen molar-refractivity contribution in [2.24, 2.45) is 28.6 Å². The minimum absolute atomic E-state index is 0.0335. The van der Waals surface area contributed by atoms with E-state index in [1.54, 1.807) is 20.8 Å². The molecule has 46 heavy (non-hydrogen) atoms. The van der Waals surface area contributed by atoms with Crippen LogP contribution >= 0.6 is 11.8 Å². The molecule has 250 valence electrons. The number of alkyl halides is 5. The van der Waals surface area contributed by atoms with Crippen molar-refractivity contribution in [1.82, 2.24) is 0 Å². The highest BCUT2D eigenvalue weighted by atomic mass is 32.2. The van der Waals surface area contributed by atoms with Crippen LogP contribution in [-0.4, -0.2) is 57.1 Å². The first-order valence-electron chi connectivity index (χ1n) is 15.4. The number of rotatable bonds is 7. The van der Waals surface area contributed by atoms with Crippen LogP contribution in [0.2, 0.25) is 0 Å². The van der Waals surface area contributed by atoms with Crippen LogP contribution in [0.4, 0.5) is 22.0 Å². The van der Waals surface area contributed by atoms with E-state index < -0.39 is 92.3 Å². The van der Waals surface area contributed by atoms with Crippen molar-refractivity contribution in [3.63, 3.8) is 0 Å². The monoisotopic (exact) mass is 668 g/mol. The fourth-order valence-electron chi connectivity index (χ4n) is 8.82. The number of hydrogen-bond acceptors (Lipinski definition) is 7. The van der Waals surface area contributed by atoms with Crippen molar-refractivity contribution in [2.75, 3.05) is 5.75 Å². The van der Waals surface area contributed by atoms with Crippen molar-refractivity contribution in [2.45, 2.75) is 89.5 Å². The van der Waals surface area contributed by atoms with Crippen LogP contribution in [0.15, 0.2) is 48.1 Å². The van der Waals surface area contributed by atoms with Gasteiger partial charge in [-0.05, 0) is 68.4 Å². The SMILES string of the molecule is CCCC(=O)O[C@]1(C(=O)SCC(=O)c2ccc(C(F)(F)F)cc2)[C@H](C)C[C@H]2[C@@H]3C[C@H](F)C4=CC(=O)C=C[C@]4(C)[C@@]3(F)[C@@H](O)C[C@@]21C. The predicted molar refractivity (Wildman–Crippen MR) is 160 cm³/mol. The van der Waals surface area contributed by atoms with E-state index in [2.05, 4.69) is 0 Å². The van der Waals surface area contributed by atoms with Gasteiger partial charge < -0.3 is 9.84 Å². The Bertz CT molecular complexity index is 1510. The molecular weight excluding hydrogens is 631 g/mol. The van der Waals surface area contributed by atoms with Crippen molar-refractivity contribution in [1.29, 1.82) is 0 Å². The molecule has 0 heterocycles. The first-order chi connectivity index (χ1) is 21.4. The lowest BCUT2D eigenvalue weighted by Gasteiger charge is -2.63. The largest absolute Gasteiger partial charge is 0.449 e. The molecule has 4 aliphatic rings. The summed E-state index contributed by atoms with van der Waals surface area (Å²) in [4.78, 5) is 52.5. The molecule has 4 aliphatic carbocycles. The van der Waals surface area contributed by atoms with Gasteiger partial charge in [-0.3, -0.25) is 19.2 Å². The Morgan fingerprint density at radius 3 is 2.35 bits per heavy atom. The molecule has 0 aromatic heterocycles. The highest BCUT2D eigenvalue weighted by Crippen LogP contribution is 2.72. The molecule has 1 aromatic carbocycles. The predicted octanol–water partition coefficient (Wildman–Crippen LogP) is 6.79. The maximum Gasteiger partial charge on any atom is 0.416 e. The Balaban J connectivity index is 1.50. The van der Waals surface area contributed by atoms with E-state index in [4.69, 9.17) is 4.74 Å². The van der Waals surface area contributed by atoms with Crippen LogP contribution in [0.5, 0.6) is 0 Å². The number of ketones is 2. The zero-order valence-electron chi connectivity index (χ0n) is 26.0. The first-order valence-corrected chi connectivity index (χ1v) is 16.4. The summed E-state index contributed by atoms with van der Waals surface area (Å²) in [6, 6.07) is 3.58.